The molecule has 4 aromatic carbocycles. The van der Waals surface area contributed by atoms with E-state index in [1.807, 2.05) is 54.6 Å². The molecule has 0 fully saturated rings. The zero-order valence-corrected chi connectivity index (χ0v) is 31.7. The van der Waals surface area contributed by atoms with Crippen LogP contribution in [0, 0.1) is 11.6 Å². The van der Waals surface area contributed by atoms with Gasteiger partial charge in [0.2, 0.25) is 5.91 Å². The van der Waals surface area contributed by atoms with Crippen LogP contribution in [0.15, 0.2) is 121 Å². The van der Waals surface area contributed by atoms with Crippen LogP contribution in [0.25, 0.3) is 22.5 Å². The van der Waals surface area contributed by atoms with Gasteiger partial charge in [0.05, 0.1) is 23.9 Å². The van der Waals surface area contributed by atoms with Crippen LogP contribution < -0.4 is 21.7 Å². The van der Waals surface area contributed by atoms with Crippen LogP contribution >= 0.6 is 0 Å². The third-order valence-electron chi connectivity index (χ3n) is 9.72. The molecule has 0 spiro atoms. The van der Waals surface area contributed by atoms with Gasteiger partial charge in [0.15, 0.2) is 0 Å². The Bertz CT molecular complexity index is 2280. The van der Waals surface area contributed by atoms with E-state index in [1.54, 1.807) is 42.5 Å². The monoisotopic (exact) mass is 754 g/mol. The summed E-state index contributed by atoms with van der Waals surface area (Å²) < 4.78 is 26.8. The molecule has 10 nitrogen and oxygen atoms in total. The summed E-state index contributed by atoms with van der Waals surface area (Å²) in [7, 11) is 0. The van der Waals surface area contributed by atoms with Crippen molar-refractivity contribution in [3.8, 4) is 22.5 Å². The molecule has 2 heterocycles. The largest absolute Gasteiger partial charge is 0.370 e. The van der Waals surface area contributed by atoms with Crippen molar-refractivity contribution in [2.45, 2.75) is 51.0 Å². The Morgan fingerprint density at radius 3 is 1.57 bits per heavy atom. The van der Waals surface area contributed by atoms with Gasteiger partial charge < -0.3 is 21.7 Å². The number of benzene rings is 4. The number of rotatable bonds is 15. The van der Waals surface area contributed by atoms with Crippen molar-refractivity contribution >= 4 is 23.5 Å². The van der Waals surface area contributed by atoms with Crippen LogP contribution in [0.3, 0.4) is 0 Å². The number of primary amides is 1. The molecule has 1 unspecified atom stereocenters. The first-order valence-electron chi connectivity index (χ1n) is 18.2. The molecule has 1 atom stereocenters. The number of nitrogens with two attached hydrogens (primary N) is 1. The Labute approximate surface area is 325 Å². The van der Waals surface area contributed by atoms with E-state index in [0.29, 0.717) is 52.8 Å². The first-order valence-corrected chi connectivity index (χ1v) is 18.2. The highest BCUT2D eigenvalue weighted by molar-refractivity contribution is 5.96. The molecular formula is C44H44F2N8O2. The second-order valence-electron chi connectivity index (χ2n) is 15.0. The highest BCUT2D eigenvalue weighted by atomic mass is 19.1. The van der Waals surface area contributed by atoms with Gasteiger partial charge in [0.25, 0.3) is 5.91 Å². The Morgan fingerprint density at radius 2 is 1.11 bits per heavy atom. The molecule has 6 aromatic rings. The van der Waals surface area contributed by atoms with Gasteiger partial charge in [0.1, 0.15) is 23.3 Å². The van der Waals surface area contributed by atoms with Crippen LogP contribution in [0.1, 0.15) is 67.2 Å². The highest BCUT2D eigenvalue weighted by Gasteiger charge is 2.23. The first-order chi connectivity index (χ1) is 26.8. The standard InChI is InChI=1S/C44H44F2N8O2/c1-43(2,32-11-15-34(45)16-12-32)26-48-40-21-19-36(51-53-40)28-7-5-9-30(23-28)38(25-39(47)55)50-42(56)31-10-6-8-29(24-31)37-20-22-41(54-52-37)49-27-44(3,4)33-13-17-35(46)18-14-33/h5-24,38H,25-27H2,1-4H3,(H2,47,55)(H,48,53)(H,49,54)(H,50,56). The van der Waals surface area contributed by atoms with Gasteiger partial charge in [-0.15, -0.1) is 20.4 Å². The molecule has 286 valence electrons. The van der Waals surface area contributed by atoms with E-state index in [-0.39, 0.29) is 28.9 Å². The molecule has 12 heteroatoms. The summed E-state index contributed by atoms with van der Waals surface area (Å²) in [6.07, 6.45) is -0.120. The Kier molecular flexibility index (Phi) is 11.8. The lowest BCUT2D eigenvalue weighted by molar-refractivity contribution is -0.118. The summed E-state index contributed by atoms with van der Waals surface area (Å²) >= 11 is 0. The maximum absolute atomic E-state index is 13.6. The lowest BCUT2D eigenvalue weighted by atomic mass is 9.84. The SMILES string of the molecule is CC(C)(CNc1ccc(-c2cccc(C(=O)NC(CC(N)=O)c3cccc(-c4ccc(NCC(C)(C)c5ccc(F)cc5)nn4)c3)c2)nn1)c1ccc(F)cc1. The van der Waals surface area contributed by atoms with Crippen molar-refractivity contribution in [3.63, 3.8) is 0 Å². The summed E-state index contributed by atoms with van der Waals surface area (Å²) in [5.41, 5.74) is 10.7. The van der Waals surface area contributed by atoms with E-state index in [9.17, 15) is 18.4 Å². The maximum Gasteiger partial charge on any atom is 0.251 e. The third kappa shape index (κ3) is 9.94. The molecule has 2 aromatic heterocycles. The smallest absolute Gasteiger partial charge is 0.251 e. The van der Waals surface area contributed by atoms with E-state index in [4.69, 9.17) is 5.73 Å². The number of hydrogen-bond acceptors (Lipinski definition) is 8. The summed E-state index contributed by atoms with van der Waals surface area (Å²) in [6, 6.07) is 33.9. The van der Waals surface area contributed by atoms with E-state index < -0.39 is 17.9 Å². The number of carbonyl (C=O) groups is 2. The highest BCUT2D eigenvalue weighted by Crippen LogP contribution is 2.28. The number of nitrogens with zero attached hydrogens (tertiary/aromatic N) is 4. The summed E-state index contributed by atoms with van der Waals surface area (Å²) in [5, 5.41) is 27.1. The maximum atomic E-state index is 13.6. The predicted molar refractivity (Wildman–Crippen MR) is 215 cm³/mol. The van der Waals surface area contributed by atoms with Crippen molar-refractivity contribution in [1.82, 2.24) is 25.7 Å². The van der Waals surface area contributed by atoms with Crippen molar-refractivity contribution in [2.24, 2.45) is 5.73 Å². The third-order valence-corrected chi connectivity index (χ3v) is 9.72. The first kappa shape index (κ1) is 39.1. The van der Waals surface area contributed by atoms with Crippen LogP contribution in [-0.2, 0) is 15.6 Å². The minimum Gasteiger partial charge on any atom is -0.370 e. The van der Waals surface area contributed by atoms with E-state index in [1.165, 1.54) is 24.3 Å². The lowest BCUT2D eigenvalue weighted by Crippen LogP contribution is -2.31. The number of carbonyl (C=O) groups excluding carboxylic acids is 2. The van der Waals surface area contributed by atoms with Crippen molar-refractivity contribution in [1.29, 1.82) is 0 Å². The normalized spacial score (nSPS) is 12.1. The fourth-order valence-corrected chi connectivity index (χ4v) is 6.22. The second-order valence-corrected chi connectivity index (χ2v) is 15.0. The van der Waals surface area contributed by atoms with E-state index >= 15 is 0 Å². The minimum absolute atomic E-state index is 0.120. The number of nitrogens with one attached hydrogen (secondary N) is 3. The second kappa shape index (κ2) is 16.8. The summed E-state index contributed by atoms with van der Waals surface area (Å²) in [6.45, 7) is 9.34. The molecule has 0 aliphatic rings. The average Bonchev–Trinajstić information content (AvgIpc) is 3.20. The van der Waals surface area contributed by atoms with Gasteiger partial charge in [0, 0.05) is 40.6 Å². The van der Waals surface area contributed by atoms with Gasteiger partial charge in [-0.1, -0.05) is 82.3 Å². The number of hydrogen-bond donors (Lipinski definition) is 4. The molecular weight excluding hydrogens is 711 g/mol. The lowest BCUT2D eigenvalue weighted by Gasteiger charge is -2.25. The van der Waals surface area contributed by atoms with Crippen LogP contribution in [-0.4, -0.2) is 45.3 Å². The molecule has 6 rings (SSSR count). The Hall–Kier alpha value is -6.56. The molecule has 0 radical (unpaired) electrons. The van der Waals surface area contributed by atoms with Crippen molar-refractivity contribution in [2.75, 3.05) is 23.7 Å². The molecule has 0 saturated heterocycles. The zero-order valence-electron chi connectivity index (χ0n) is 31.7. The van der Waals surface area contributed by atoms with Crippen molar-refractivity contribution in [3.05, 3.63) is 155 Å². The quantitative estimate of drug-likeness (QED) is 0.0825. The average molecular weight is 755 g/mol. The predicted octanol–water partition coefficient (Wildman–Crippen LogP) is 8.00. The molecule has 0 bridgehead atoms. The topological polar surface area (TPSA) is 148 Å². The molecule has 0 aliphatic heterocycles. The molecule has 0 aliphatic carbocycles. The minimum atomic E-state index is -0.712. The summed E-state index contributed by atoms with van der Waals surface area (Å²) in [5.74, 6) is -0.352. The number of aromatic nitrogens is 4. The van der Waals surface area contributed by atoms with Gasteiger partial charge in [-0.2, -0.15) is 0 Å². The van der Waals surface area contributed by atoms with E-state index in [0.717, 1.165) is 16.7 Å². The molecule has 2 amide bonds. The van der Waals surface area contributed by atoms with E-state index in [2.05, 4.69) is 64.0 Å². The fraction of sp³-hybridized carbons (Fsp3) is 0.227. The van der Waals surface area contributed by atoms with Crippen molar-refractivity contribution < 1.29 is 18.4 Å². The van der Waals surface area contributed by atoms with Gasteiger partial charge >= 0.3 is 0 Å². The van der Waals surface area contributed by atoms with Crippen LogP contribution in [0.5, 0.6) is 0 Å². The Morgan fingerprint density at radius 1 is 0.625 bits per heavy atom. The van der Waals surface area contributed by atoms with Crippen LogP contribution in [0.2, 0.25) is 0 Å². The van der Waals surface area contributed by atoms with Crippen LogP contribution in [0.4, 0.5) is 20.4 Å². The number of anilines is 2. The summed E-state index contributed by atoms with van der Waals surface area (Å²) in [4.78, 5) is 25.8. The van der Waals surface area contributed by atoms with Gasteiger partial charge in [-0.3, -0.25) is 9.59 Å². The van der Waals surface area contributed by atoms with Gasteiger partial charge in [-0.05, 0) is 83.4 Å². The fourth-order valence-electron chi connectivity index (χ4n) is 6.22. The molecule has 0 saturated carbocycles. The Balaban J connectivity index is 1.10. The van der Waals surface area contributed by atoms with Gasteiger partial charge in [-0.25, -0.2) is 8.78 Å². The molecule has 56 heavy (non-hydrogen) atoms. The molecule has 5 N–H and O–H groups in total. The number of amides is 2. The zero-order chi connectivity index (χ0) is 39.9. The number of halogens is 2.